The Kier molecular flexibility index (Phi) is 3.12. The van der Waals surface area contributed by atoms with Crippen LogP contribution in [0.3, 0.4) is 0 Å². The summed E-state index contributed by atoms with van der Waals surface area (Å²) < 4.78 is 46.4. The molecule has 5 nitrogen and oxygen atoms in total. The number of alkyl halides is 2. The highest BCUT2D eigenvalue weighted by atomic mass is 35.5. The molecule has 9 heteroatoms. The smallest absolute Gasteiger partial charge is 0.280 e. The Morgan fingerprint density at radius 1 is 1.47 bits per heavy atom. The Morgan fingerprint density at radius 2 is 2.00 bits per heavy atom. The van der Waals surface area contributed by atoms with E-state index in [-0.39, 0.29) is 0 Å². The normalized spacial score (nSPS) is 12.1. The van der Waals surface area contributed by atoms with E-state index in [1.54, 1.807) is 0 Å². The monoisotopic (exact) mass is 257 g/mol. The highest BCUT2D eigenvalue weighted by Crippen LogP contribution is 2.28. The minimum absolute atomic E-state index is 0.441. The predicted octanol–water partition coefficient (Wildman–Crippen LogP) is 0.902. The van der Waals surface area contributed by atoms with Crippen LogP contribution in [0.15, 0.2) is 11.0 Å². The molecule has 1 rings (SSSR count). The number of aromatic nitrogens is 1. The molecule has 0 amide bonds. The van der Waals surface area contributed by atoms with Gasteiger partial charge in [-0.05, 0) is 6.07 Å². The van der Waals surface area contributed by atoms with E-state index in [9.17, 15) is 17.2 Å². The molecule has 0 unspecified atom stereocenters. The van der Waals surface area contributed by atoms with Gasteiger partial charge in [-0.25, -0.2) is 27.3 Å². The summed E-state index contributed by atoms with van der Waals surface area (Å²) in [6.07, 6.45) is -2.96. The largest absolute Gasteiger partial charge is 0.395 e. The van der Waals surface area contributed by atoms with Gasteiger partial charge in [-0.2, -0.15) is 0 Å². The summed E-state index contributed by atoms with van der Waals surface area (Å²) >= 11 is 5.38. The second kappa shape index (κ2) is 3.87. The first-order valence-corrected chi connectivity index (χ1v) is 5.42. The predicted molar refractivity (Wildman–Crippen MR) is 50.0 cm³/mol. The first kappa shape index (κ1) is 12.1. The fourth-order valence-electron chi connectivity index (χ4n) is 0.867. The lowest BCUT2D eigenvalue weighted by Crippen LogP contribution is -2.15. The molecule has 0 fully saturated rings. The fraction of sp³-hybridized carbons (Fsp3) is 0.167. The van der Waals surface area contributed by atoms with Crippen LogP contribution in [0.1, 0.15) is 12.1 Å². The van der Waals surface area contributed by atoms with Crippen molar-refractivity contribution >= 4 is 27.3 Å². The second-order valence-electron chi connectivity index (χ2n) is 2.60. The summed E-state index contributed by atoms with van der Waals surface area (Å²) in [5.41, 5.74) is 4.00. The van der Waals surface area contributed by atoms with E-state index < -0.39 is 37.9 Å². The summed E-state index contributed by atoms with van der Waals surface area (Å²) in [7, 11) is -4.19. The van der Waals surface area contributed by atoms with Gasteiger partial charge in [-0.3, -0.25) is 0 Å². The Labute approximate surface area is 89.1 Å². The zero-order valence-corrected chi connectivity index (χ0v) is 8.69. The van der Waals surface area contributed by atoms with Gasteiger partial charge in [0.1, 0.15) is 10.6 Å². The highest BCUT2D eigenvalue weighted by Gasteiger charge is 2.20. The van der Waals surface area contributed by atoms with E-state index in [4.69, 9.17) is 22.5 Å². The number of anilines is 1. The van der Waals surface area contributed by atoms with E-state index in [1.807, 2.05) is 0 Å². The molecule has 1 aromatic heterocycles. The topological polar surface area (TPSA) is 99.1 Å². The molecular weight excluding hydrogens is 252 g/mol. The van der Waals surface area contributed by atoms with E-state index >= 15 is 0 Å². The molecule has 0 saturated heterocycles. The first-order chi connectivity index (χ1) is 6.73. The minimum Gasteiger partial charge on any atom is -0.395 e. The van der Waals surface area contributed by atoms with Gasteiger partial charge in [0.2, 0.25) is 10.0 Å². The summed E-state index contributed by atoms with van der Waals surface area (Å²) in [4.78, 5) is 2.56. The van der Waals surface area contributed by atoms with Gasteiger partial charge < -0.3 is 5.73 Å². The zero-order chi connectivity index (χ0) is 11.8. The van der Waals surface area contributed by atoms with E-state index in [0.717, 1.165) is 0 Å². The number of nitrogens with zero attached hydrogens (tertiary/aromatic N) is 1. The molecule has 0 aromatic carbocycles. The number of hydrogen-bond acceptors (Lipinski definition) is 4. The number of nitrogens with two attached hydrogens (primary N) is 2. The Hall–Kier alpha value is -0.990. The minimum atomic E-state index is -4.19. The maximum Gasteiger partial charge on any atom is 0.280 e. The number of halogens is 3. The second-order valence-corrected chi connectivity index (χ2v) is 4.48. The van der Waals surface area contributed by atoms with Crippen LogP contribution in [-0.4, -0.2) is 13.4 Å². The summed E-state index contributed by atoms with van der Waals surface area (Å²) in [5, 5.41) is 4.24. The SMILES string of the molecule is Nc1c(S(N)(=O)=O)cc(C(F)F)nc1Cl. The van der Waals surface area contributed by atoms with Crippen molar-refractivity contribution in [2.75, 3.05) is 5.73 Å². The van der Waals surface area contributed by atoms with Crippen molar-refractivity contribution in [2.24, 2.45) is 5.14 Å². The quantitative estimate of drug-likeness (QED) is 0.769. The van der Waals surface area contributed by atoms with Gasteiger partial charge in [-0.1, -0.05) is 11.6 Å². The summed E-state index contributed by atoms with van der Waals surface area (Å²) in [5.74, 6) is 0. The third-order valence-electron chi connectivity index (χ3n) is 1.52. The summed E-state index contributed by atoms with van der Waals surface area (Å²) in [6, 6.07) is 0.598. The van der Waals surface area contributed by atoms with Crippen LogP contribution in [0.5, 0.6) is 0 Å². The van der Waals surface area contributed by atoms with Crippen LogP contribution >= 0.6 is 11.6 Å². The number of rotatable bonds is 2. The molecule has 1 heterocycles. The standard InChI is InChI=1S/C6H6ClF2N3O2S/c7-5-4(10)3(15(11,13)14)1-2(12-5)6(8)9/h1,6H,10H2,(H2,11,13,14). The number of pyridine rings is 1. The van der Waals surface area contributed by atoms with Crippen LogP contribution in [-0.2, 0) is 10.0 Å². The maximum atomic E-state index is 12.2. The lowest BCUT2D eigenvalue weighted by atomic mass is 10.3. The average Bonchev–Trinajstić information content (AvgIpc) is 2.06. The molecule has 0 radical (unpaired) electrons. The number of primary sulfonamides is 1. The lowest BCUT2D eigenvalue weighted by molar-refractivity contribution is 0.146. The van der Waals surface area contributed by atoms with Crippen molar-refractivity contribution in [2.45, 2.75) is 11.3 Å². The van der Waals surface area contributed by atoms with Gasteiger partial charge in [0.25, 0.3) is 6.43 Å². The van der Waals surface area contributed by atoms with Crippen molar-refractivity contribution in [1.29, 1.82) is 0 Å². The van der Waals surface area contributed by atoms with Crippen molar-refractivity contribution in [3.05, 3.63) is 16.9 Å². The third kappa shape index (κ3) is 2.52. The summed E-state index contributed by atoms with van der Waals surface area (Å²) in [6.45, 7) is 0. The maximum absolute atomic E-state index is 12.2. The van der Waals surface area contributed by atoms with Gasteiger partial charge >= 0.3 is 0 Å². The van der Waals surface area contributed by atoms with E-state index in [1.165, 1.54) is 0 Å². The molecular formula is C6H6ClF2N3O2S. The molecule has 15 heavy (non-hydrogen) atoms. The molecule has 0 aliphatic heterocycles. The Balaban J connectivity index is 3.52. The first-order valence-electron chi connectivity index (χ1n) is 3.50. The lowest BCUT2D eigenvalue weighted by Gasteiger charge is -2.07. The molecule has 0 aliphatic rings. The fourth-order valence-corrected chi connectivity index (χ4v) is 1.81. The van der Waals surface area contributed by atoms with Gasteiger partial charge in [-0.15, -0.1) is 0 Å². The van der Waals surface area contributed by atoms with Gasteiger partial charge in [0.05, 0.1) is 5.69 Å². The van der Waals surface area contributed by atoms with E-state index in [2.05, 4.69) is 4.98 Å². The van der Waals surface area contributed by atoms with Gasteiger partial charge in [0, 0.05) is 0 Å². The zero-order valence-electron chi connectivity index (χ0n) is 7.12. The molecule has 84 valence electrons. The van der Waals surface area contributed by atoms with Crippen LogP contribution in [0.25, 0.3) is 0 Å². The molecule has 1 aromatic rings. The van der Waals surface area contributed by atoms with E-state index in [0.29, 0.717) is 6.07 Å². The molecule has 0 atom stereocenters. The van der Waals surface area contributed by atoms with Crippen molar-refractivity contribution in [1.82, 2.24) is 4.98 Å². The van der Waals surface area contributed by atoms with Crippen LogP contribution in [0, 0.1) is 0 Å². The Morgan fingerprint density at radius 3 is 2.40 bits per heavy atom. The number of sulfonamides is 1. The molecule has 0 bridgehead atoms. The van der Waals surface area contributed by atoms with Crippen LogP contribution in [0.4, 0.5) is 14.5 Å². The average molecular weight is 258 g/mol. The van der Waals surface area contributed by atoms with Crippen LogP contribution in [0.2, 0.25) is 5.15 Å². The highest BCUT2D eigenvalue weighted by molar-refractivity contribution is 7.89. The number of hydrogen-bond donors (Lipinski definition) is 2. The van der Waals surface area contributed by atoms with Crippen molar-refractivity contribution < 1.29 is 17.2 Å². The third-order valence-corrected chi connectivity index (χ3v) is 2.76. The van der Waals surface area contributed by atoms with Crippen molar-refractivity contribution in [3.63, 3.8) is 0 Å². The van der Waals surface area contributed by atoms with Gasteiger partial charge in [0.15, 0.2) is 5.15 Å². The molecule has 0 aliphatic carbocycles. The number of nitrogen functional groups attached to an aromatic ring is 1. The van der Waals surface area contributed by atoms with Crippen LogP contribution < -0.4 is 10.9 Å². The molecule has 0 saturated carbocycles. The molecule has 0 spiro atoms. The van der Waals surface area contributed by atoms with Crippen molar-refractivity contribution in [3.8, 4) is 0 Å². The Bertz CT molecular complexity index is 491. The molecule has 4 N–H and O–H groups in total.